The Bertz CT molecular complexity index is 824. The summed E-state index contributed by atoms with van der Waals surface area (Å²) in [7, 11) is 0. The van der Waals surface area contributed by atoms with Crippen molar-refractivity contribution >= 4 is 0 Å². The third kappa shape index (κ3) is 2.53. The van der Waals surface area contributed by atoms with E-state index in [1.807, 2.05) is 19.1 Å². The maximum atomic E-state index is 12.2. The highest BCUT2D eigenvalue weighted by molar-refractivity contribution is 5.69. The Kier molecular flexibility index (Phi) is 3.23. The number of aromatic hydroxyl groups is 1. The highest BCUT2D eigenvalue weighted by Gasteiger charge is 2.13. The van der Waals surface area contributed by atoms with E-state index in [0.717, 1.165) is 5.69 Å². The molecule has 0 unspecified atom stereocenters. The molecular formula is C16H13N3O2. The summed E-state index contributed by atoms with van der Waals surface area (Å²) in [6.45, 7) is 1.87. The number of rotatable bonds is 2. The van der Waals surface area contributed by atoms with Gasteiger partial charge in [0.05, 0.1) is 0 Å². The second kappa shape index (κ2) is 5.20. The van der Waals surface area contributed by atoms with E-state index in [-0.39, 0.29) is 17.0 Å². The molecule has 5 heteroatoms. The van der Waals surface area contributed by atoms with Crippen LogP contribution >= 0.6 is 0 Å². The summed E-state index contributed by atoms with van der Waals surface area (Å²) >= 11 is 0. The number of hydrogen-bond donors (Lipinski definition) is 2. The molecule has 0 bridgehead atoms. The Morgan fingerprint density at radius 2 is 1.81 bits per heavy atom. The largest absolute Gasteiger partial charge is 0.493 e. The molecule has 3 rings (SSSR count). The minimum atomic E-state index is -0.385. The molecule has 1 aromatic carbocycles. The van der Waals surface area contributed by atoms with Crippen molar-refractivity contribution < 1.29 is 5.11 Å². The lowest BCUT2D eigenvalue weighted by Gasteiger charge is -2.06. The van der Waals surface area contributed by atoms with Crippen molar-refractivity contribution in [1.82, 2.24) is 15.0 Å². The fraction of sp³-hybridized carbons (Fsp3) is 0.0625. The molecule has 0 atom stereocenters. The number of hydrogen-bond acceptors (Lipinski definition) is 4. The van der Waals surface area contributed by atoms with Gasteiger partial charge in [0.2, 0.25) is 5.88 Å². The van der Waals surface area contributed by atoms with E-state index in [2.05, 4.69) is 15.0 Å². The molecule has 0 saturated carbocycles. The highest BCUT2D eigenvalue weighted by atomic mass is 16.3. The number of aryl methyl sites for hydroxylation is 1. The third-order valence-electron chi connectivity index (χ3n) is 3.15. The van der Waals surface area contributed by atoms with Gasteiger partial charge in [0.15, 0.2) is 0 Å². The predicted octanol–water partition coefficient (Wildman–Crippen LogP) is 2.51. The molecule has 104 valence electrons. The fourth-order valence-electron chi connectivity index (χ4n) is 2.07. The number of aromatic amines is 1. The number of nitrogens with one attached hydrogen (secondary N) is 1. The molecule has 0 amide bonds. The number of H-pyrrole nitrogens is 1. The molecule has 2 N–H and O–H groups in total. The zero-order valence-corrected chi connectivity index (χ0v) is 11.4. The van der Waals surface area contributed by atoms with Gasteiger partial charge in [0.25, 0.3) is 5.56 Å². The molecule has 0 aliphatic carbocycles. The minimum Gasteiger partial charge on any atom is -0.493 e. The molecule has 0 aliphatic rings. The highest BCUT2D eigenvalue weighted by Crippen LogP contribution is 2.25. The minimum absolute atomic E-state index is 0.166. The second-order valence-corrected chi connectivity index (χ2v) is 4.67. The molecule has 0 saturated heterocycles. The fourth-order valence-corrected chi connectivity index (χ4v) is 2.07. The number of aromatic nitrogens is 3. The SMILES string of the molecule is Cc1ccc(-c2nc(O)c(-c3ccccc3)c(=O)[nH]2)cn1. The van der Waals surface area contributed by atoms with E-state index in [9.17, 15) is 9.90 Å². The zero-order chi connectivity index (χ0) is 14.8. The first kappa shape index (κ1) is 13.1. The average Bonchev–Trinajstić information content (AvgIpc) is 2.48. The topological polar surface area (TPSA) is 78.9 Å². The van der Waals surface area contributed by atoms with Gasteiger partial charge in [0, 0.05) is 17.5 Å². The van der Waals surface area contributed by atoms with Gasteiger partial charge in [-0.15, -0.1) is 0 Å². The van der Waals surface area contributed by atoms with Crippen LogP contribution in [0.4, 0.5) is 0 Å². The van der Waals surface area contributed by atoms with Crippen LogP contribution in [0.5, 0.6) is 5.88 Å². The van der Waals surface area contributed by atoms with Crippen LogP contribution in [0.3, 0.4) is 0 Å². The number of pyridine rings is 1. The second-order valence-electron chi connectivity index (χ2n) is 4.67. The van der Waals surface area contributed by atoms with Gasteiger partial charge in [-0.3, -0.25) is 9.78 Å². The Labute approximate surface area is 121 Å². The van der Waals surface area contributed by atoms with Gasteiger partial charge in [-0.05, 0) is 24.6 Å². The van der Waals surface area contributed by atoms with E-state index in [1.54, 1.807) is 36.5 Å². The van der Waals surface area contributed by atoms with E-state index >= 15 is 0 Å². The monoisotopic (exact) mass is 279 g/mol. The van der Waals surface area contributed by atoms with Crippen molar-refractivity contribution in [2.75, 3.05) is 0 Å². The molecule has 0 radical (unpaired) electrons. The van der Waals surface area contributed by atoms with Crippen molar-refractivity contribution in [2.45, 2.75) is 6.92 Å². The van der Waals surface area contributed by atoms with Crippen LogP contribution in [-0.2, 0) is 0 Å². The quantitative estimate of drug-likeness (QED) is 0.755. The van der Waals surface area contributed by atoms with E-state index < -0.39 is 0 Å². The smallest absolute Gasteiger partial charge is 0.262 e. The molecule has 3 aromatic rings. The summed E-state index contributed by atoms with van der Waals surface area (Å²) in [5, 5.41) is 10.1. The Morgan fingerprint density at radius 1 is 1.05 bits per heavy atom. The molecule has 0 fully saturated rings. The molecule has 2 heterocycles. The first-order valence-electron chi connectivity index (χ1n) is 6.47. The summed E-state index contributed by atoms with van der Waals surface area (Å²) in [5.41, 5.74) is 1.92. The van der Waals surface area contributed by atoms with Crippen molar-refractivity contribution in [3.05, 3.63) is 64.7 Å². The summed E-state index contributed by atoms with van der Waals surface area (Å²) in [5.74, 6) is 0.00482. The van der Waals surface area contributed by atoms with Crippen LogP contribution in [0, 0.1) is 6.92 Å². The van der Waals surface area contributed by atoms with Crippen LogP contribution in [0.2, 0.25) is 0 Å². The molecule has 0 aliphatic heterocycles. The van der Waals surface area contributed by atoms with Gasteiger partial charge in [-0.25, -0.2) is 0 Å². The van der Waals surface area contributed by atoms with Crippen molar-refractivity contribution in [3.63, 3.8) is 0 Å². The third-order valence-corrected chi connectivity index (χ3v) is 3.15. The van der Waals surface area contributed by atoms with E-state index in [1.165, 1.54) is 0 Å². The first-order valence-corrected chi connectivity index (χ1v) is 6.47. The summed E-state index contributed by atoms with van der Waals surface area (Å²) in [6, 6.07) is 12.5. The van der Waals surface area contributed by atoms with Crippen LogP contribution in [0.15, 0.2) is 53.5 Å². The van der Waals surface area contributed by atoms with Crippen molar-refractivity contribution in [1.29, 1.82) is 0 Å². The van der Waals surface area contributed by atoms with E-state index in [0.29, 0.717) is 17.0 Å². The Balaban J connectivity index is 2.13. The predicted molar refractivity (Wildman–Crippen MR) is 79.9 cm³/mol. The van der Waals surface area contributed by atoms with Gasteiger partial charge in [0.1, 0.15) is 11.4 Å². The summed E-state index contributed by atoms with van der Waals surface area (Å²) in [4.78, 5) is 23.1. The molecule has 2 aromatic heterocycles. The molecule has 5 nitrogen and oxygen atoms in total. The Morgan fingerprint density at radius 3 is 2.43 bits per heavy atom. The van der Waals surface area contributed by atoms with Crippen LogP contribution in [0.1, 0.15) is 5.69 Å². The molecule has 21 heavy (non-hydrogen) atoms. The van der Waals surface area contributed by atoms with Crippen LogP contribution in [-0.4, -0.2) is 20.1 Å². The summed E-state index contributed by atoms with van der Waals surface area (Å²) in [6.07, 6.45) is 1.61. The standard InChI is InChI=1S/C16H13N3O2/c1-10-7-8-12(9-17-10)14-18-15(20)13(16(21)19-14)11-5-3-2-4-6-11/h2-9H,1H3,(H2,18,19,20,21). The maximum absolute atomic E-state index is 12.2. The lowest BCUT2D eigenvalue weighted by Crippen LogP contribution is -2.12. The number of benzene rings is 1. The lowest BCUT2D eigenvalue weighted by molar-refractivity contribution is 0.454. The Hall–Kier alpha value is -2.95. The molecular weight excluding hydrogens is 266 g/mol. The first-order chi connectivity index (χ1) is 10.1. The average molecular weight is 279 g/mol. The van der Waals surface area contributed by atoms with Gasteiger partial charge in [-0.2, -0.15) is 4.98 Å². The van der Waals surface area contributed by atoms with Gasteiger partial charge >= 0.3 is 0 Å². The van der Waals surface area contributed by atoms with E-state index in [4.69, 9.17) is 0 Å². The zero-order valence-electron chi connectivity index (χ0n) is 11.4. The van der Waals surface area contributed by atoms with Gasteiger partial charge < -0.3 is 10.1 Å². The normalized spacial score (nSPS) is 10.5. The molecule has 0 spiro atoms. The van der Waals surface area contributed by atoms with Crippen LogP contribution < -0.4 is 5.56 Å². The van der Waals surface area contributed by atoms with Crippen molar-refractivity contribution in [3.8, 4) is 28.4 Å². The van der Waals surface area contributed by atoms with Crippen LogP contribution in [0.25, 0.3) is 22.5 Å². The van der Waals surface area contributed by atoms with Gasteiger partial charge in [-0.1, -0.05) is 30.3 Å². The lowest BCUT2D eigenvalue weighted by atomic mass is 10.1. The summed E-state index contributed by atoms with van der Waals surface area (Å²) < 4.78 is 0. The number of nitrogens with zero attached hydrogens (tertiary/aromatic N) is 2. The van der Waals surface area contributed by atoms with Crippen molar-refractivity contribution in [2.24, 2.45) is 0 Å². The maximum Gasteiger partial charge on any atom is 0.262 e.